The summed E-state index contributed by atoms with van der Waals surface area (Å²) in [6, 6.07) is 4.95. The van der Waals surface area contributed by atoms with Crippen molar-refractivity contribution in [2.45, 2.75) is 0 Å². The quantitative estimate of drug-likeness (QED) is 0.853. The van der Waals surface area contributed by atoms with Crippen molar-refractivity contribution in [3.8, 4) is 0 Å². The minimum atomic E-state index is -0.641. The van der Waals surface area contributed by atoms with Gasteiger partial charge in [0, 0.05) is 15.6 Å². The molecule has 1 fully saturated rings. The van der Waals surface area contributed by atoms with Crippen molar-refractivity contribution < 1.29 is 14.7 Å². The summed E-state index contributed by atoms with van der Waals surface area (Å²) < 4.78 is 0. The molecule has 4 nitrogen and oxygen atoms in total. The van der Waals surface area contributed by atoms with E-state index in [0.29, 0.717) is 15.6 Å². The van der Waals surface area contributed by atoms with E-state index in [1.165, 1.54) is 6.08 Å². The lowest BCUT2D eigenvalue weighted by atomic mass is 10.2. The average molecular weight is 304 g/mol. The second kappa shape index (κ2) is 5.32. The molecule has 0 bridgehead atoms. The van der Waals surface area contributed by atoms with E-state index in [-0.39, 0.29) is 4.91 Å². The van der Waals surface area contributed by atoms with Crippen molar-refractivity contribution in [1.29, 1.82) is 0 Å². The number of amides is 2. The van der Waals surface area contributed by atoms with Gasteiger partial charge in [-0.2, -0.15) is 0 Å². The number of benzene rings is 1. The van der Waals surface area contributed by atoms with Crippen molar-refractivity contribution in [3.05, 3.63) is 38.7 Å². The molecule has 7 heteroatoms. The van der Waals surface area contributed by atoms with Gasteiger partial charge in [0.25, 0.3) is 11.1 Å². The third-order valence-electron chi connectivity index (χ3n) is 2.29. The molecule has 0 radical (unpaired) electrons. The Bertz CT molecular complexity index is 539. The zero-order valence-corrected chi connectivity index (χ0v) is 11.2. The largest absolute Gasteiger partial charge is 0.376 e. The van der Waals surface area contributed by atoms with E-state index in [9.17, 15) is 9.59 Å². The smallest absolute Gasteiger partial charge is 0.295 e. The molecule has 1 aliphatic rings. The lowest BCUT2D eigenvalue weighted by molar-refractivity contribution is -0.125. The SMILES string of the molecule is O=C1SC(=Cc2c(Cl)cccc2Cl)C(=O)N1CO. The maximum Gasteiger partial charge on any atom is 0.295 e. The molecule has 2 rings (SSSR count). The monoisotopic (exact) mass is 303 g/mol. The van der Waals surface area contributed by atoms with Crippen molar-refractivity contribution in [3.63, 3.8) is 0 Å². The van der Waals surface area contributed by atoms with Gasteiger partial charge in [-0.15, -0.1) is 0 Å². The number of imide groups is 1. The molecule has 94 valence electrons. The van der Waals surface area contributed by atoms with E-state index < -0.39 is 17.9 Å². The first-order valence-electron chi connectivity index (χ1n) is 4.85. The summed E-state index contributed by atoms with van der Waals surface area (Å²) >= 11 is 12.7. The molecule has 0 unspecified atom stereocenters. The van der Waals surface area contributed by atoms with Gasteiger partial charge in [0.05, 0.1) is 4.91 Å². The number of nitrogens with zero attached hydrogens (tertiary/aromatic N) is 1. The van der Waals surface area contributed by atoms with Crippen LogP contribution in [-0.4, -0.2) is 27.9 Å². The van der Waals surface area contributed by atoms with Gasteiger partial charge in [-0.3, -0.25) is 9.59 Å². The van der Waals surface area contributed by atoms with Crippen molar-refractivity contribution in [1.82, 2.24) is 4.90 Å². The number of halogens is 2. The maximum atomic E-state index is 11.7. The Balaban J connectivity index is 2.41. The van der Waals surface area contributed by atoms with Gasteiger partial charge in [-0.25, -0.2) is 4.90 Å². The minimum Gasteiger partial charge on any atom is -0.376 e. The van der Waals surface area contributed by atoms with Gasteiger partial charge in [-0.05, 0) is 30.0 Å². The zero-order valence-electron chi connectivity index (χ0n) is 8.89. The van der Waals surface area contributed by atoms with Gasteiger partial charge >= 0.3 is 0 Å². The molecular weight excluding hydrogens is 297 g/mol. The van der Waals surface area contributed by atoms with Crippen LogP contribution in [0.15, 0.2) is 23.1 Å². The van der Waals surface area contributed by atoms with Gasteiger partial charge in [-0.1, -0.05) is 29.3 Å². The van der Waals surface area contributed by atoms with Crippen LogP contribution in [0.2, 0.25) is 10.0 Å². The molecule has 0 aliphatic carbocycles. The van der Waals surface area contributed by atoms with Crippen LogP contribution in [0, 0.1) is 0 Å². The summed E-state index contributed by atoms with van der Waals surface area (Å²) in [6.45, 7) is -0.641. The summed E-state index contributed by atoms with van der Waals surface area (Å²) in [7, 11) is 0. The van der Waals surface area contributed by atoms with E-state index in [1.54, 1.807) is 18.2 Å². The second-order valence-electron chi connectivity index (χ2n) is 3.39. The van der Waals surface area contributed by atoms with E-state index in [1.807, 2.05) is 0 Å². The summed E-state index contributed by atoms with van der Waals surface area (Å²) in [5.74, 6) is -0.552. The molecule has 0 saturated carbocycles. The van der Waals surface area contributed by atoms with Crippen LogP contribution in [0.1, 0.15) is 5.56 Å². The fourth-order valence-electron chi connectivity index (χ4n) is 1.40. The summed E-state index contributed by atoms with van der Waals surface area (Å²) in [4.78, 5) is 24.1. The van der Waals surface area contributed by atoms with Gasteiger partial charge in [0.1, 0.15) is 6.73 Å². The Labute approximate surface area is 117 Å². The number of hydrogen-bond donors (Lipinski definition) is 1. The van der Waals surface area contributed by atoms with Crippen molar-refractivity contribution in [2.75, 3.05) is 6.73 Å². The molecule has 1 aliphatic heterocycles. The molecule has 1 N–H and O–H groups in total. The average Bonchev–Trinajstić information content (AvgIpc) is 2.59. The van der Waals surface area contributed by atoms with E-state index >= 15 is 0 Å². The number of thioether (sulfide) groups is 1. The highest BCUT2D eigenvalue weighted by molar-refractivity contribution is 8.18. The number of aliphatic hydroxyl groups is 1. The van der Waals surface area contributed by atoms with Crippen LogP contribution in [0.5, 0.6) is 0 Å². The number of carbonyl (C=O) groups is 2. The lowest BCUT2D eigenvalue weighted by Gasteiger charge is -2.06. The Kier molecular flexibility index (Phi) is 3.97. The molecular formula is C11H7Cl2NO3S. The summed E-state index contributed by atoms with van der Waals surface area (Å²) in [5.41, 5.74) is 0.476. The van der Waals surface area contributed by atoms with Gasteiger partial charge in [0.2, 0.25) is 0 Å². The van der Waals surface area contributed by atoms with Gasteiger partial charge in [0.15, 0.2) is 0 Å². The standard InChI is InChI=1S/C11H7Cl2NO3S/c12-7-2-1-3-8(13)6(7)4-9-10(16)14(5-15)11(17)18-9/h1-4,15H,5H2. The first-order chi connectivity index (χ1) is 8.54. The van der Waals surface area contributed by atoms with E-state index in [2.05, 4.69) is 0 Å². The fraction of sp³-hybridized carbons (Fsp3) is 0.0909. The highest BCUT2D eigenvalue weighted by Crippen LogP contribution is 2.35. The Morgan fingerprint density at radius 1 is 1.28 bits per heavy atom. The molecule has 1 heterocycles. The maximum absolute atomic E-state index is 11.7. The van der Waals surface area contributed by atoms with Crippen LogP contribution >= 0.6 is 35.0 Å². The second-order valence-corrected chi connectivity index (χ2v) is 5.19. The van der Waals surface area contributed by atoms with E-state index in [0.717, 1.165) is 16.7 Å². The summed E-state index contributed by atoms with van der Waals surface area (Å²) in [5, 5.41) is 9.15. The molecule has 1 saturated heterocycles. The molecule has 18 heavy (non-hydrogen) atoms. The molecule has 1 aromatic carbocycles. The highest BCUT2D eigenvalue weighted by Gasteiger charge is 2.34. The lowest BCUT2D eigenvalue weighted by Crippen LogP contribution is -2.28. The van der Waals surface area contributed by atoms with Crippen LogP contribution in [-0.2, 0) is 4.79 Å². The zero-order chi connectivity index (χ0) is 13.3. The van der Waals surface area contributed by atoms with Crippen LogP contribution in [0.25, 0.3) is 6.08 Å². The Morgan fingerprint density at radius 2 is 1.89 bits per heavy atom. The topological polar surface area (TPSA) is 57.6 Å². The normalized spacial score (nSPS) is 17.9. The van der Waals surface area contributed by atoms with Crippen molar-refractivity contribution in [2.24, 2.45) is 0 Å². The predicted molar refractivity (Wildman–Crippen MR) is 71.4 cm³/mol. The van der Waals surface area contributed by atoms with Crippen LogP contribution in [0.3, 0.4) is 0 Å². The first kappa shape index (κ1) is 13.4. The fourth-order valence-corrected chi connectivity index (χ4v) is 2.72. The third-order valence-corrected chi connectivity index (χ3v) is 3.86. The van der Waals surface area contributed by atoms with Gasteiger partial charge < -0.3 is 5.11 Å². The third kappa shape index (κ3) is 2.40. The highest BCUT2D eigenvalue weighted by atomic mass is 35.5. The molecule has 2 amide bonds. The molecule has 0 spiro atoms. The van der Waals surface area contributed by atoms with E-state index in [4.69, 9.17) is 28.3 Å². The molecule has 1 aromatic rings. The Hall–Kier alpha value is -1.01. The van der Waals surface area contributed by atoms with Crippen molar-refractivity contribution >= 4 is 52.2 Å². The number of carbonyl (C=O) groups excluding carboxylic acids is 2. The summed E-state index contributed by atoms with van der Waals surface area (Å²) in [6.07, 6.45) is 1.45. The minimum absolute atomic E-state index is 0.184. The van der Waals surface area contributed by atoms with Crippen LogP contribution in [0.4, 0.5) is 4.79 Å². The number of aliphatic hydroxyl groups excluding tert-OH is 1. The number of rotatable bonds is 2. The first-order valence-corrected chi connectivity index (χ1v) is 6.42. The Morgan fingerprint density at radius 3 is 2.39 bits per heavy atom. The number of hydrogen-bond acceptors (Lipinski definition) is 4. The van der Waals surface area contributed by atoms with Crippen LogP contribution < -0.4 is 0 Å². The molecule has 0 atom stereocenters. The molecule has 0 aromatic heterocycles. The predicted octanol–water partition coefficient (Wildman–Crippen LogP) is 2.98.